The summed E-state index contributed by atoms with van der Waals surface area (Å²) < 4.78 is 0. The Bertz CT molecular complexity index is 140. The molecule has 0 aliphatic rings. The molecule has 0 radical (unpaired) electrons. The highest BCUT2D eigenvalue weighted by molar-refractivity contribution is 7.99. The Morgan fingerprint density at radius 1 is 1.64 bits per heavy atom. The molecule has 0 aromatic carbocycles. The van der Waals surface area contributed by atoms with Gasteiger partial charge in [0.2, 0.25) is 0 Å². The summed E-state index contributed by atoms with van der Waals surface area (Å²) in [5.74, 6) is 0. The van der Waals surface area contributed by atoms with Crippen molar-refractivity contribution in [2.24, 2.45) is 0 Å². The lowest BCUT2D eigenvalue weighted by Gasteiger charge is -2.22. The fraction of sp³-hybridized carbons (Fsp3) is 0.556. The van der Waals surface area contributed by atoms with E-state index in [1.54, 1.807) is 0 Å². The van der Waals surface area contributed by atoms with Gasteiger partial charge >= 0.3 is 0 Å². The number of allylic oxidation sites excluding steroid dienone is 1. The van der Waals surface area contributed by atoms with Crippen molar-refractivity contribution >= 4 is 11.8 Å². The molecular formula is C9H17NS. The van der Waals surface area contributed by atoms with E-state index in [9.17, 15) is 0 Å². The summed E-state index contributed by atoms with van der Waals surface area (Å²) in [6.45, 7) is 7.72. The van der Waals surface area contributed by atoms with Gasteiger partial charge in [-0.3, -0.25) is 0 Å². The maximum absolute atomic E-state index is 4.00. The summed E-state index contributed by atoms with van der Waals surface area (Å²) in [5, 5.41) is 0.488. The molecule has 0 heterocycles. The fourth-order valence-corrected chi connectivity index (χ4v) is 1.62. The van der Waals surface area contributed by atoms with Crippen molar-refractivity contribution in [1.29, 1.82) is 0 Å². The molecule has 0 aromatic rings. The van der Waals surface area contributed by atoms with E-state index in [4.69, 9.17) is 0 Å². The molecule has 0 spiro atoms. The van der Waals surface area contributed by atoms with Crippen molar-refractivity contribution in [1.82, 2.24) is 4.90 Å². The Hall–Kier alpha value is -0.370. The van der Waals surface area contributed by atoms with E-state index in [0.29, 0.717) is 5.25 Å². The number of rotatable bonds is 5. The van der Waals surface area contributed by atoms with Crippen LogP contribution in [0.15, 0.2) is 24.9 Å². The van der Waals surface area contributed by atoms with Crippen LogP contribution in [0.5, 0.6) is 0 Å². The Balaban J connectivity index is 4.02. The first-order valence-electron chi connectivity index (χ1n) is 3.63. The van der Waals surface area contributed by atoms with E-state index in [1.807, 2.05) is 31.9 Å². The van der Waals surface area contributed by atoms with Crippen molar-refractivity contribution in [2.45, 2.75) is 11.7 Å². The second-order valence-corrected chi connectivity index (χ2v) is 3.67. The van der Waals surface area contributed by atoms with Crippen molar-refractivity contribution in [3.8, 4) is 0 Å². The van der Waals surface area contributed by atoms with Gasteiger partial charge in [0, 0.05) is 25.0 Å². The molecule has 1 nitrogen and oxygen atoms in total. The molecule has 0 bridgehead atoms. The maximum atomic E-state index is 4.00. The summed E-state index contributed by atoms with van der Waals surface area (Å²) in [6.07, 6.45) is 5.04. The van der Waals surface area contributed by atoms with Crippen molar-refractivity contribution < 1.29 is 0 Å². The van der Waals surface area contributed by atoms with Gasteiger partial charge in [0.05, 0.1) is 0 Å². The largest absolute Gasteiger partial charge is 0.381 e. The van der Waals surface area contributed by atoms with Gasteiger partial charge in [0.1, 0.15) is 0 Å². The van der Waals surface area contributed by atoms with Crippen LogP contribution in [0.4, 0.5) is 0 Å². The van der Waals surface area contributed by atoms with Crippen LogP contribution < -0.4 is 0 Å². The monoisotopic (exact) mass is 171 g/mol. The first-order valence-corrected chi connectivity index (χ1v) is 4.92. The van der Waals surface area contributed by atoms with Gasteiger partial charge in [-0.15, -0.1) is 6.58 Å². The van der Waals surface area contributed by atoms with E-state index in [-0.39, 0.29) is 0 Å². The third kappa shape index (κ3) is 3.51. The minimum absolute atomic E-state index is 0.488. The molecule has 0 amide bonds. The van der Waals surface area contributed by atoms with Crippen LogP contribution in [0.25, 0.3) is 0 Å². The lowest BCUT2D eigenvalue weighted by molar-refractivity contribution is 0.495. The molecular weight excluding hydrogens is 154 g/mol. The van der Waals surface area contributed by atoms with Crippen molar-refractivity contribution in [3.63, 3.8) is 0 Å². The summed E-state index contributed by atoms with van der Waals surface area (Å²) in [4.78, 5) is 2.06. The van der Waals surface area contributed by atoms with E-state index in [0.717, 1.165) is 12.1 Å². The van der Waals surface area contributed by atoms with Crippen LogP contribution in [-0.4, -0.2) is 30.5 Å². The van der Waals surface area contributed by atoms with Gasteiger partial charge < -0.3 is 4.90 Å². The van der Waals surface area contributed by atoms with Crippen LogP contribution in [0.2, 0.25) is 0 Å². The predicted octanol–water partition coefficient (Wildman–Crippen LogP) is 2.37. The number of thioether (sulfide) groups is 1. The molecule has 1 unspecified atom stereocenters. The molecule has 2 heteroatoms. The Morgan fingerprint density at radius 2 is 2.18 bits per heavy atom. The number of hydrogen-bond acceptors (Lipinski definition) is 2. The smallest absolute Gasteiger partial charge is 0.0472 e. The van der Waals surface area contributed by atoms with Crippen LogP contribution in [-0.2, 0) is 0 Å². The Morgan fingerprint density at radius 3 is 2.45 bits per heavy atom. The van der Waals surface area contributed by atoms with Gasteiger partial charge in [-0.05, 0) is 12.7 Å². The average molecular weight is 171 g/mol. The van der Waals surface area contributed by atoms with Gasteiger partial charge in [-0.2, -0.15) is 11.8 Å². The van der Waals surface area contributed by atoms with Gasteiger partial charge in [0.15, 0.2) is 0 Å². The molecule has 0 aromatic heterocycles. The predicted molar refractivity (Wildman–Crippen MR) is 54.9 cm³/mol. The number of hydrogen-bond donors (Lipinski definition) is 0. The fourth-order valence-electron chi connectivity index (χ4n) is 0.808. The molecule has 0 aliphatic carbocycles. The van der Waals surface area contributed by atoms with Crippen molar-refractivity contribution in [2.75, 3.05) is 20.4 Å². The second-order valence-electron chi connectivity index (χ2n) is 2.63. The lowest BCUT2D eigenvalue weighted by atomic mass is 10.2. The minimum Gasteiger partial charge on any atom is -0.381 e. The zero-order valence-electron chi connectivity index (χ0n) is 7.63. The topological polar surface area (TPSA) is 3.24 Å². The highest BCUT2D eigenvalue weighted by Gasteiger charge is 2.09. The summed E-state index contributed by atoms with van der Waals surface area (Å²) in [5.41, 5.74) is 1.16. The summed E-state index contributed by atoms with van der Waals surface area (Å²) >= 11 is 1.82. The molecule has 0 rings (SSSR count). The van der Waals surface area contributed by atoms with Gasteiger partial charge in [-0.1, -0.05) is 12.7 Å². The minimum atomic E-state index is 0.488. The molecule has 0 N–H and O–H groups in total. The van der Waals surface area contributed by atoms with E-state index in [1.165, 1.54) is 0 Å². The van der Waals surface area contributed by atoms with Crippen LogP contribution in [0.3, 0.4) is 0 Å². The van der Waals surface area contributed by atoms with E-state index >= 15 is 0 Å². The molecule has 11 heavy (non-hydrogen) atoms. The first-order chi connectivity index (χ1) is 5.13. The van der Waals surface area contributed by atoms with Crippen molar-refractivity contribution in [3.05, 3.63) is 24.9 Å². The quantitative estimate of drug-likeness (QED) is 0.584. The third-order valence-electron chi connectivity index (χ3n) is 1.61. The van der Waals surface area contributed by atoms with Crippen LogP contribution in [0.1, 0.15) is 6.42 Å². The van der Waals surface area contributed by atoms with Gasteiger partial charge in [-0.25, -0.2) is 0 Å². The first kappa shape index (κ1) is 10.6. The SMILES string of the molecule is C=CCC(SC)C(=C)N(C)C. The van der Waals surface area contributed by atoms with Gasteiger partial charge in [0.25, 0.3) is 0 Å². The van der Waals surface area contributed by atoms with E-state index in [2.05, 4.69) is 24.3 Å². The zero-order valence-corrected chi connectivity index (χ0v) is 8.45. The standard InChI is InChI=1S/C9H17NS/c1-6-7-9(11-5)8(2)10(3)4/h6,9H,1-2,7H2,3-5H3. The Kier molecular flexibility index (Phi) is 5.12. The lowest BCUT2D eigenvalue weighted by Crippen LogP contribution is -2.19. The van der Waals surface area contributed by atoms with E-state index < -0.39 is 0 Å². The summed E-state index contributed by atoms with van der Waals surface area (Å²) in [6, 6.07) is 0. The maximum Gasteiger partial charge on any atom is 0.0472 e. The molecule has 64 valence electrons. The molecule has 1 atom stereocenters. The third-order valence-corrected chi connectivity index (χ3v) is 2.64. The average Bonchev–Trinajstić information content (AvgIpc) is 1.98. The Labute approximate surface area is 74.2 Å². The molecule has 0 aliphatic heterocycles. The molecule has 0 saturated carbocycles. The van der Waals surface area contributed by atoms with Crippen LogP contribution >= 0.6 is 11.8 Å². The van der Waals surface area contributed by atoms with Crippen LogP contribution in [0, 0.1) is 0 Å². The highest BCUT2D eigenvalue weighted by atomic mass is 32.2. The zero-order chi connectivity index (χ0) is 8.85. The number of nitrogens with zero attached hydrogens (tertiary/aromatic N) is 1. The highest BCUT2D eigenvalue weighted by Crippen LogP contribution is 2.20. The molecule has 0 saturated heterocycles. The molecule has 0 fully saturated rings. The second kappa shape index (κ2) is 5.30. The summed E-state index contributed by atoms with van der Waals surface area (Å²) in [7, 11) is 4.04. The normalized spacial score (nSPS) is 12.3.